The molecule has 0 fully saturated rings. The number of hydrogen-bond donors (Lipinski definition) is 3. The zero-order chi connectivity index (χ0) is 25.2. The molecule has 2 aromatic carbocycles. The number of pyridine rings is 1. The molecule has 0 aliphatic rings. The summed E-state index contributed by atoms with van der Waals surface area (Å²) >= 11 is 0. The topological polar surface area (TPSA) is 102 Å². The van der Waals surface area contributed by atoms with Crippen molar-refractivity contribution in [1.82, 2.24) is 14.7 Å². The van der Waals surface area contributed by atoms with Gasteiger partial charge in [0.15, 0.2) is 0 Å². The van der Waals surface area contributed by atoms with Crippen LogP contribution in [-0.2, 0) is 4.79 Å². The number of aromatic nitrogens is 2. The van der Waals surface area contributed by atoms with Crippen molar-refractivity contribution in [2.24, 2.45) is 5.73 Å². The molecular weight excluding hydrogens is 459 g/mol. The van der Waals surface area contributed by atoms with E-state index < -0.39 is 30.6 Å². The first-order chi connectivity index (χ1) is 16.6. The Bertz CT molecular complexity index is 1400. The Morgan fingerprint density at radius 1 is 1.03 bits per heavy atom. The average Bonchev–Trinajstić information content (AvgIpc) is 3.25. The number of anilines is 1. The Morgan fingerprint density at radius 3 is 2.49 bits per heavy atom. The molecule has 10 heteroatoms. The number of nitrogens with one attached hydrogen (secondary N) is 2. The molecular formula is C25H22F3N5O2. The number of amides is 3. The molecule has 0 aliphatic heterocycles. The van der Waals surface area contributed by atoms with E-state index in [0.717, 1.165) is 27.9 Å². The quantitative estimate of drug-likeness (QED) is 0.364. The predicted molar refractivity (Wildman–Crippen MR) is 127 cm³/mol. The van der Waals surface area contributed by atoms with E-state index in [9.17, 15) is 22.8 Å². The number of rotatable bonds is 6. The van der Waals surface area contributed by atoms with E-state index in [1.807, 2.05) is 53.1 Å². The van der Waals surface area contributed by atoms with Crippen LogP contribution in [-0.4, -0.2) is 34.0 Å². The lowest BCUT2D eigenvalue weighted by Gasteiger charge is -2.11. The minimum Gasteiger partial charge on any atom is -0.369 e. The van der Waals surface area contributed by atoms with Gasteiger partial charge in [-0.2, -0.15) is 13.2 Å². The summed E-state index contributed by atoms with van der Waals surface area (Å²) in [4.78, 5) is 27.8. The number of halogens is 3. The number of carbonyl (C=O) groups excluding carboxylic acids is 2. The van der Waals surface area contributed by atoms with E-state index in [1.54, 1.807) is 36.6 Å². The van der Waals surface area contributed by atoms with Gasteiger partial charge in [-0.1, -0.05) is 36.4 Å². The van der Waals surface area contributed by atoms with Gasteiger partial charge in [-0.05, 0) is 47.9 Å². The fourth-order valence-corrected chi connectivity index (χ4v) is 3.64. The molecule has 0 bridgehead atoms. The summed E-state index contributed by atoms with van der Waals surface area (Å²) in [6.45, 7) is 0.340. The number of hydrogen-bond acceptors (Lipinski definition) is 3. The summed E-state index contributed by atoms with van der Waals surface area (Å²) in [6.07, 6.45) is -0.961. The number of fused-ring (bicyclic) bond motifs is 1. The monoisotopic (exact) mass is 481 g/mol. The highest BCUT2D eigenvalue weighted by Gasteiger charge is 2.27. The van der Waals surface area contributed by atoms with Crippen molar-refractivity contribution in [3.8, 4) is 22.4 Å². The summed E-state index contributed by atoms with van der Waals surface area (Å²) < 4.78 is 38.8. The van der Waals surface area contributed by atoms with Gasteiger partial charge in [-0.3, -0.25) is 9.20 Å². The number of imidazole rings is 1. The fraction of sp³-hybridized carbons (Fsp3) is 0.160. The molecule has 4 N–H and O–H groups in total. The third-order valence-corrected chi connectivity index (χ3v) is 5.53. The SMILES string of the molecule is CC(C(N)=O)c1cccc(-c2ccn3c(-c4cccc(NC(=O)NCC(F)(F)F)c4)cnc3c2)c1. The van der Waals surface area contributed by atoms with Crippen LogP contribution in [0.2, 0.25) is 0 Å². The highest BCUT2D eigenvalue weighted by atomic mass is 19.4. The molecule has 180 valence electrons. The zero-order valence-corrected chi connectivity index (χ0v) is 18.6. The van der Waals surface area contributed by atoms with Crippen molar-refractivity contribution in [3.05, 3.63) is 78.6 Å². The number of nitrogens with zero attached hydrogens (tertiary/aromatic N) is 2. The van der Waals surface area contributed by atoms with Crippen molar-refractivity contribution in [1.29, 1.82) is 0 Å². The Hall–Kier alpha value is -4.34. The third kappa shape index (κ3) is 5.60. The number of benzene rings is 2. The van der Waals surface area contributed by atoms with Crippen LogP contribution in [0.3, 0.4) is 0 Å². The molecule has 1 unspecified atom stereocenters. The lowest BCUT2D eigenvalue weighted by molar-refractivity contribution is -0.122. The summed E-state index contributed by atoms with van der Waals surface area (Å²) in [5.41, 5.74) is 10.6. The van der Waals surface area contributed by atoms with E-state index in [1.165, 1.54) is 0 Å². The Morgan fingerprint density at radius 2 is 1.74 bits per heavy atom. The van der Waals surface area contributed by atoms with Gasteiger partial charge in [0, 0.05) is 17.4 Å². The van der Waals surface area contributed by atoms with Crippen molar-refractivity contribution in [2.75, 3.05) is 11.9 Å². The summed E-state index contributed by atoms with van der Waals surface area (Å²) in [5, 5.41) is 4.18. The lowest BCUT2D eigenvalue weighted by Crippen LogP contribution is -2.36. The molecule has 35 heavy (non-hydrogen) atoms. The lowest BCUT2D eigenvalue weighted by atomic mass is 9.96. The highest BCUT2D eigenvalue weighted by Crippen LogP contribution is 2.28. The molecule has 0 aliphatic carbocycles. The average molecular weight is 481 g/mol. The molecule has 3 amide bonds. The van der Waals surface area contributed by atoms with E-state index in [2.05, 4.69) is 10.3 Å². The first-order valence-electron chi connectivity index (χ1n) is 10.7. The van der Waals surface area contributed by atoms with Gasteiger partial charge in [0.1, 0.15) is 12.2 Å². The van der Waals surface area contributed by atoms with Gasteiger partial charge in [-0.15, -0.1) is 0 Å². The smallest absolute Gasteiger partial charge is 0.369 e. The summed E-state index contributed by atoms with van der Waals surface area (Å²) in [5.74, 6) is -0.807. The zero-order valence-electron chi connectivity index (χ0n) is 18.6. The number of alkyl halides is 3. The van der Waals surface area contributed by atoms with Crippen LogP contribution in [0, 0.1) is 0 Å². The van der Waals surface area contributed by atoms with Crippen molar-refractivity contribution in [3.63, 3.8) is 0 Å². The largest absolute Gasteiger partial charge is 0.405 e. The van der Waals surface area contributed by atoms with Gasteiger partial charge < -0.3 is 16.4 Å². The van der Waals surface area contributed by atoms with Gasteiger partial charge >= 0.3 is 12.2 Å². The van der Waals surface area contributed by atoms with Gasteiger partial charge in [0.05, 0.1) is 17.8 Å². The molecule has 0 saturated carbocycles. The molecule has 1 atom stereocenters. The van der Waals surface area contributed by atoms with Gasteiger partial charge in [0.25, 0.3) is 0 Å². The number of carbonyl (C=O) groups is 2. The van der Waals surface area contributed by atoms with Gasteiger partial charge in [0.2, 0.25) is 5.91 Å². The Balaban J connectivity index is 1.58. The van der Waals surface area contributed by atoms with E-state index in [0.29, 0.717) is 11.3 Å². The minimum atomic E-state index is -4.49. The molecule has 7 nitrogen and oxygen atoms in total. The second-order valence-corrected chi connectivity index (χ2v) is 8.04. The number of primary amides is 1. The van der Waals surface area contributed by atoms with Crippen molar-refractivity contribution in [2.45, 2.75) is 19.0 Å². The van der Waals surface area contributed by atoms with Crippen molar-refractivity contribution >= 4 is 23.3 Å². The third-order valence-electron chi connectivity index (χ3n) is 5.53. The van der Waals surface area contributed by atoms with Crippen LogP contribution in [0.5, 0.6) is 0 Å². The number of nitrogens with two attached hydrogens (primary N) is 1. The molecule has 2 heterocycles. The molecule has 0 saturated heterocycles. The summed E-state index contributed by atoms with van der Waals surface area (Å²) in [6, 6.07) is 17.2. The van der Waals surface area contributed by atoms with Crippen LogP contribution in [0.1, 0.15) is 18.4 Å². The van der Waals surface area contributed by atoms with Gasteiger partial charge in [-0.25, -0.2) is 9.78 Å². The first-order valence-corrected chi connectivity index (χ1v) is 10.7. The Labute approximate surface area is 198 Å². The minimum absolute atomic E-state index is 0.342. The molecule has 2 aromatic heterocycles. The molecule has 0 radical (unpaired) electrons. The van der Waals surface area contributed by atoms with Crippen molar-refractivity contribution < 1.29 is 22.8 Å². The summed E-state index contributed by atoms with van der Waals surface area (Å²) in [7, 11) is 0. The highest BCUT2D eigenvalue weighted by molar-refractivity contribution is 5.90. The fourth-order valence-electron chi connectivity index (χ4n) is 3.64. The second-order valence-electron chi connectivity index (χ2n) is 8.04. The van der Waals surface area contributed by atoms with Crippen LogP contribution in [0.25, 0.3) is 28.0 Å². The predicted octanol–water partition coefficient (Wildman–Crippen LogP) is 4.94. The molecule has 0 spiro atoms. The molecule has 4 rings (SSSR count). The van der Waals surface area contributed by atoms with Crippen LogP contribution in [0.15, 0.2) is 73.1 Å². The normalized spacial score (nSPS) is 12.3. The van der Waals surface area contributed by atoms with E-state index in [-0.39, 0.29) is 0 Å². The molecule has 4 aromatic rings. The maximum Gasteiger partial charge on any atom is 0.405 e. The van der Waals surface area contributed by atoms with Crippen LogP contribution in [0.4, 0.5) is 23.7 Å². The maximum absolute atomic E-state index is 12.3. The number of urea groups is 1. The van der Waals surface area contributed by atoms with Crippen LogP contribution >= 0.6 is 0 Å². The van der Waals surface area contributed by atoms with E-state index >= 15 is 0 Å². The second kappa shape index (κ2) is 9.49. The maximum atomic E-state index is 12.3. The van der Waals surface area contributed by atoms with E-state index in [4.69, 9.17) is 5.73 Å². The van der Waals surface area contributed by atoms with Crippen LogP contribution < -0.4 is 16.4 Å². The Kier molecular flexibility index (Phi) is 6.46. The first kappa shape index (κ1) is 23.8. The standard InChI is InChI=1S/C25H22F3N5O2/c1-15(23(29)34)16-4-2-5-17(10-16)18-8-9-33-21(13-30-22(33)12-18)19-6-3-7-20(11-19)32-24(35)31-14-25(26,27)28/h2-13,15H,14H2,1H3,(H2,29,34)(H2,31,32,35).